The Morgan fingerprint density at radius 3 is 2.27 bits per heavy atom. The van der Waals surface area contributed by atoms with Crippen LogP contribution in [0.5, 0.6) is 0 Å². The third kappa shape index (κ3) is 4.85. The van der Waals surface area contributed by atoms with Gasteiger partial charge in [0.1, 0.15) is 5.76 Å². The highest BCUT2D eigenvalue weighted by atomic mass is 16.3. The molecule has 6 nitrogen and oxygen atoms in total. The third-order valence-electron chi connectivity index (χ3n) is 4.95. The van der Waals surface area contributed by atoms with Gasteiger partial charge in [-0.3, -0.25) is 9.69 Å². The van der Waals surface area contributed by atoms with Crippen molar-refractivity contribution in [3.63, 3.8) is 0 Å². The quantitative estimate of drug-likeness (QED) is 0.485. The second kappa shape index (κ2) is 9.24. The molecule has 152 valence electrons. The number of benzene rings is 2. The summed E-state index contributed by atoms with van der Waals surface area (Å²) in [4.78, 5) is 18.2. The Kier molecular flexibility index (Phi) is 6.06. The molecule has 2 heterocycles. The zero-order chi connectivity index (χ0) is 20.8. The topological polar surface area (TPSA) is 63.3 Å². The molecule has 0 saturated carbocycles. The SMILES string of the molecule is CNC(=O)c1ccc(CN(Cc2ccc(-n3ccnc3)cc2)Cc2ccco2)cc1. The highest BCUT2D eigenvalue weighted by molar-refractivity contribution is 5.93. The molecular weight excluding hydrogens is 376 g/mol. The van der Waals surface area contributed by atoms with E-state index in [1.807, 2.05) is 47.2 Å². The van der Waals surface area contributed by atoms with Crippen molar-refractivity contribution in [2.24, 2.45) is 0 Å². The molecule has 2 aromatic heterocycles. The summed E-state index contributed by atoms with van der Waals surface area (Å²) in [5, 5.41) is 2.65. The number of nitrogens with one attached hydrogen (secondary N) is 1. The summed E-state index contributed by atoms with van der Waals surface area (Å²) in [6, 6.07) is 20.1. The average molecular weight is 400 g/mol. The number of nitrogens with zero attached hydrogens (tertiary/aromatic N) is 3. The lowest BCUT2D eigenvalue weighted by Crippen LogP contribution is -2.22. The Morgan fingerprint density at radius 1 is 1.00 bits per heavy atom. The summed E-state index contributed by atoms with van der Waals surface area (Å²) >= 11 is 0. The number of hydrogen-bond donors (Lipinski definition) is 1. The van der Waals surface area contributed by atoms with Crippen LogP contribution in [0.2, 0.25) is 0 Å². The smallest absolute Gasteiger partial charge is 0.251 e. The van der Waals surface area contributed by atoms with E-state index in [1.165, 1.54) is 5.56 Å². The number of imidazole rings is 1. The van der Waals surface area contributed by atoms with Gasteiger partial charge in [-0.1, -0.05) is 24.3 Å². The van der Waals surface area contributed by atoms with Gasteiger partial charge < -0.3 is 14.3 Å². The van der Waals surface area contributed by atoms with Crippen LogP contribution in [0.15, 0.2) is 90.1 Å². The fourth-order valence-electron chi connectivity index (χ4n) is 3.40. The van der Waals surface area contributed by atoms with Gasteiger partial charge in [0.25, 0.3) is 5.91 Å². The van der Waals surface area contributed by atoms with Crippen molar-refractivity contribution in [3.8, 4) is 5.69 Å². The summed E-state index contributed by atoms with van der Waals surface area (Å²) in [6.45, 7) is 2.23. The summed E-state index contributed by atoms with van der Waals surface area (Å²) in [6.07, 6.45) is 7.20. The van der Waals surface area contributed by atoms with Gasteiger partial charge in [-0.2, -0.15) is 0 Å². The van der Waals surface area contributed by atoms with Crippen molar-refractivity contribution in [3.05, 3.63) is 108 Å². The minimum absolute atomic E-state index is 0.0769. The fourth-order valence-corrected chi connectivity index (χ4v) is 3.40. The van der Waals surface area contributed by atoms with E-state index < -0.39 is 0 Å². The number of rotatable bonds is 8. The van der Waals surface area contributed by atoms with Crippen LogP contribution in [0.25, 0.3) is 5.69 Å². The second-order valence-corrected chi connectivity index (χ2v) is 7.14. The van der Waals surface area contributed by atoms with Crippen molar-refractivity contribution in [2.45, 2.75) is 19.6 Å². The molecule has 0 unspecified atom stereocenters. The van der Waals surface area contributed by atoms with Crippen LogP contribution in [0.3, 0.4) is 0 Å². The van der Waals surface area contributed by atoms with E-state index in [4.69, 9.17) is 4.42 Å². The van der Waals surface area contributed by atoms with Gasteiger partial charge in [0.05, 0.1) is 19.1 Å². The van der Waals surface area contributed by atoms with Crippen molar-refractivity contribution < 1.29 is 9.21 Å². The molecule has 0 fully saturated rings. The van der Waals surface area contributed by atoms with Crippen LogP contribution in [-0.2, 0) is 19.6 Å². The molecule has 0 saturated heterocycles. The zero-order valence-corrected chi connectivity index (χ0v) is 16.9. The van der Waals surface area contributed by atoms with Gasteiger partial charge in [-0.15, -0.1) is 0 Å². The first-order valence-corrected chi connectivity index (χ1v) is 9.84. The molecule has 2 aromatic carbocycles. The largest absolute Gasteiger partial charge is 0.468 e. The Labute approximate surface area is 175 Å². The maximum Gasteiger partial charge on any atom is 0.251 e. The maximum absolute atomic E-state index is 11.8. The Balaban J connectivity index is 1.49. The second-order valence-electron chi connectivity index (χ2n) is 7.14. The lowest BCUT2D eigenvalue weighted by molar-refractivity contribution is 0.0963. The lowest BCUT2D eigenvalue weighted by Gasteiger charge is -2.22. The van der Waals surface area contributed by atoms with Crippen molar-refractivity contribution in [1.82, 2.24) is 19.8 Å². The average Bonchev–Trinajstić information content (AvgIpc) is 3.49. The molecule has 30 heavy (non-hydrogen) atoms. The summed E-state index contributed by atoms with van der Waals surface area (Å²) in [5.41, 5.74) is 4.10. The van der Waals surface area contributed by atoms with Crippen LogP contribution in [0.1, 0.15) is 27.2 Å². The predicted molar refractivity (Wildman–Crippen MR) is 115 cm³/mol. The monoisotopic (exact) mass is 400 g/mol. The highest BCUT2D eigenvalue weighted by Gasteiger charge is 2.11. The van der Waals surface area contributed by atoms with Crippen LogP contribution >= 0.6 is 0 Å². The van der Waals surface area contributed by atoms with E-state index in [1.54, 1.807) is 25.8 Å². The predicted octanol–water partition coefficient (Wildman–Crippen LogP) is 4.03. The number of carbonyl (C=O) groups excluding carboxylic acids is 1. The molecule has 0 atom stereocenters. The van der Waals surface area contributed by atoms with E-state index >= 15 is 0 Å². The van der Waals surface area contributed by atoms with Crippen LogP contribution in [0.4, 0.5) is 0 Å². The van der Waals surface area contributed by atoms with E-state index in [-0.39, 0.29) is 5.91 Å². The van der Waals surface area contributed by atoms with Gasteiger partial charge in [-0.25, -0.2) is 4.98 Å². The van der Waals surface area contributed by atoms with E-state index in [0.717, 1.165) is 30.1 Å². The van der Waals surface area contributed by atoms with E-state index in [9.17, 15) is 4.79 Å². The lowest BCUT2D eigenvalue weighted by atomic mass is 10.1. The number of hydrogen-bond acceptors (Lipinski definition) is 4. The summed E-state index contributed by atoms with van der Waals surface area (Å²) in [7, 11) is 1.64. The normalized spacial score (nSPS) is 11.0. The number of amides is 1. The molecule has 4 aromatic rings. The molecule has 6 heteroatoms. The molecule has 0 aliphatic heterocycles. The minimum atomic E-state index is -0.0769. The van der Waals surface area contributed by atoms with Crippen LogP contribution in [-0.4, -0.2) is 27.4 Å². The first kappa shape index (κ1) is 19.7. The molecule has 0 aliphatic carbocycles. The number of furan rings is 1. The molecule has 1 N–H and O–H groups in total. The molecule has 0 aliphatic rings. The molecule has 0 bridgehead atoms. The van der Waals surface area contributed by atoms with Gasteiger partial charge in [0.15, 0.2) is 0 Å². The molecule has 0 radical (unpaired) electrons. The standard InChI is InChI=1S/C24H24N4O2/c1-25-24(29)21-8-4-19(5-9-21)15-27(17-23-3-2-14-30-23)16-20-6-10-22(11-7-20)28-13-12-26-18-28/h2-14,18H,15-17H2,1H3,(H,25,29). The van der Waals surface area contributed by atoms with Crippen molar-refractivity contribution in [1.29, 1.82) is 0 Å². The Hall–Kier alpha value is -3.64. The summed E-state index contributed by atoms with van der Waals surface area (Å²) in [5.74, 6) is 0.846. The van der Waals surface area contributed by atoms with Gasteiger partial charge in [-0.05, 0) is 47.5 Å². The van der Waals surface area contributed by atoms with E-state index in [2.05, 4.69) is 39.5 Å². The van der Waals surface area contributed by atoms with Gasteiger partial charge in [0, 0.05) is 43.8 Å². The molecule has 4 rings (SSSR count). The number of aromatic nitrogens is 2. The maximum atomic E-state index is 11.8. The van der Waals surface area contributed by atoms with Crippen molar-refractivity contribution >= 4 is 5.91 Å². The van der Waals surface area contributed by atoms with Crippen LogP contribution < -0.4 is 5.32 Å². The fraction of sp³-hybridized carbons (Fsp3) is 0.167. The molecule has 1 amide bonds. The molecule has 0 spiro atoms. The third-order valence-corrected chi connectivity index (χ3v) is 4.95. The first-order chi connectivity index (χ1) is 14.7. The summed E-state index contributed by atoms with van der Waals surface area (Å²) < 4.78 is 7.55. The van der Waals surface area contributed by atoms with Gasteiger partial charge in [0.2, 0.25) is 0 Å². The Bertz CT molecular complexity index is 1050. The zero-order valence-electron chi connectivity index (χ0n) is 16.9. The number of carbonyl (C=O) groups is 1. The molecular formula is C24H24N4O2. The van der Waals surface area contributed by atoms with Crippen molar-refractivity contribution in [2.75, 3.05) is 7.05 Å². The van der Waals surface area contributed by atoms with Crippen LogP contribution in [0, 0.1) is 0 Å². The highest BCUT2D eigenvalue weighted by Crippen LogP contribution is 2.17. The minimum Gasteiger partial charge on any atom is -0.468 e. The van der Waals surface area contributed by atoms with Gasteiger partial charge >= 0.3 is 0 Å². The Morgan fingerprint density at radius 2 is 1.70 bits per heavy atom. The first-order valence-electron chi connectivity index (χ1n) is 9.84. The van der Waals surface area contributed by atoms with E-state index in [0.29, 0.717) is 12.1 Å².